The van der Waals surface area contributed by atoms with E-state index in [0.717, 1.165) is 17.4 Å². The molecule has 4 aromatic carbocycles. The molecule has 0 amide bonds. The SMILES string of the molecule is C[N+](C)(C)CC1CC2(c3ccccc3)CC1(c1ccccc1)C(c1ccccc1)=C2c1ccccc1. The second kappa shape index (κ2) is 8.61. The zero-order valence-electron chi connectivity index (χ0n) is 21.7. The number of quaternary nitrogens is 1. The Hall–Kier alpha value is -3.42. The lowest BCUT2D eigenvalue weighted by molar-refractivity contribution is -0.874. The molecule has 1 nitrogen and oxygen atoms in total. The second-order valence-electron chi connectivity index (χ2n) is 11.8. The van der Waals surface area contributed by atoms with Crippen molar-refractivity contribution >= 4 is 11.1 Å². The maximum Gasteiger partial charge on any atom is 0.0821 e. The molecule has 0 radical (unpaired) electrons. The van der Waals surface area contributed by atoms with Crippen LogP contribution in [-0.4, -0.2) is 32.2 Å². The summed E-state index contributed by atoms with van der Waals surface area (Å²) in [5, 5.41) is 0. The summed E-state index contributed by atoms with van der Waals surface area (Å²) in [7, 11) is 7.05. The summed E-state index contributed by atoms with van der Waals surface area (Å²) in [6.07, 6.45) is 2.29. The summed E-state index contributed by atoms with van der Waals surface area (Å²) in [5.74, 6) is 0.530. The van der Waals surface area contributed by atoms with Crippen LogP contribution in [0.15, 0.2) is 121 Å². The maximum atomic E-state index is 2.39. The predicted molar refractivity (Wildman–Crippen MR) is 152 cm³/mol. The first kappa shape index (κ1) is 23.0. The van der Waals surface area contributed by atoms with Gasteiger partial charge in [-0.15, -0.1) is 0 Å². The van der Waals surface area contributed by atoms with Crippen molar-refractivity contribution in [2.75, 3.05) is 27.7 Å². The van der Waals surface area contributed by atoms with E-state index in [4.69, 9.17) is 0 Å². The maximum absolute atomic E-state index is 2.39. The highest BCUT2D eigenvalue weighted by atomic mass is 15.3. The van der Waals surface area contributed by atoms with Crippen LogP contribution in [0.2, 0.25) is 0 Å². The first-order valence-electron chi connectivity index (χ1n) is 13.2. The van der Waals surface area contributed by atoms with Crippen LogP contribution in [0.1, 0.15) is 35.1 Å². The molecule has 4 aromatic rings. The molecular formula is C35H36N+. The number of hydrogen-bond acceptors (Lipinski definition) is 0. The van der Waals surface area contributed by atoms with E-state index in [1.54, 1.807) is 0 Å². The first-order valence-corrected chi connectivity index (χ1v) is 13.2. The number of nitrogens with zero attached hydrogens (tertiary/aromatic N) is 1. The van der Waals surface area contributed by atoms with Crippen LogP contribution in [0, 0.1) is 5.92 Å². The number of rotatable bonds is 6. The number of hydrogen-bond donors (Lipinski definition) is 0. The third-order valence-corrected chi connectivity index (χ3v) is 8.56. The van der Waals surface area contributed by atoms with Gasteiger partial charge in [0, 0.05) is 16.7 Å². The number of benzene rings is 4. The van der Waals surface area contributed by atoms with Gasteiger partial charge in [-0.3, -0.25) is 0 Å². The van der Waals surface area contributed by atoms with E-state index in [-0.39, 0.29) is 10.8 Å². The molecule has 2 aliphatic carbocycles. The molecule has 1 heteroatoms. The van der Waals surface area contributed by atoms with Crippen molar-refractivity contribution in [3.63, 3.8) is 0 Å². The van der Waals surface area contributed by atoms with Gasteiger partial charge in [0.1, 0.15) is 0 Å². The standard InChI is InChI=1S/C35H36N/c1-36(2,3)25-31-24-34(29-20-12-6-13-21-29)26-35(31,30-22-14-7-15-23-30)33(28-18-10-5-11-19-28)32(34)27-16-8-4-9-17-27/h4-23,31H,24-26H2,1-3H3/q+1. The van der Waals surface area contributed by atoms with Crippen LogP contribution >= 0.6 is 0 Å². The average molecular weight is 471 g/mol. The molecule has 3 unspecified atom stereocenters. The summed E-state index contributed by atoms with van der Waals surface area (Å²) in [6, 6.07) is 45.2. The molecule has 0 aromatic heterocycles. The molecule has 0 saturated heterocycles. The van der Waals surface area contributed by atoms with Crippen LogP contribution in [-0.2, 0) is 10.8 Å². The van der Waals surface area contributed by atoms with Gasteiger partial charge >= 0.3 is 0 Å². The van der Waals surface area contributed by atoms with Crippen LogP contribution in [0.3, 0.4) is 0 Å². The lowest BCUT2D eigenvalue weighted by atomic mass is 9.62. The summed E-state index contributed by atoms with van der Waals surface area (Å²) in [4.78, 5) is 0. The third-order valence-electron chi connectivity index (χ3n) is 8.56. The molecule has 180 valence electrons. The van der Waals surface area contributed by atoms with Gasteiger partial charge < -0.3 is 4.48 Å². The largest absolute Gasteiger partial charge is 0.331 e. The highest BCUT2D eigenvalue weighted by molar-refractivity contribution is 6.04. The molecule has 0 N–H and O–H groups in total. The predicted octanol–water partition coefficient (Wildman–Crippen LogP) is 7.60. The fraction of sp³-hybridized carbons (Fsp3) is 0.257. The molecule has 0 spiro atoms. The monoisotopic (exact) mass is 470 g/mol. The van der Waals surface area contributed by atoms with Gasteiger partial charge in [0.05, 0.1) is 27.7 Å². The minimum atomic E-state index is -0.0465. The van der Waals surface area contributed by atoms with Crippen LogP contribution < -0.4 is 0 Å². The molecule has 2 aliphatic rings. The fourth-order valence-electron chi connectivity index (χ4n) is 7.49. The second-order valence-corrected chi connectivity index (χ2v) is 11.8. The van der Waals surface area contributed by atoms with Gasteiger partial charge in [-0.1, -0.05) is 121 Å². The summed E-state index contributed by atoms with van der Waals surface area (Å²) in [5.41, 5.74) is 8.64. The third kappa shape index (κ3) is 3.57. The Morgan fingerprint density at radius 2 is 1.03 bits per heavy atom. The van der Waals surface area contributed by atoms with E-state index in [0.29, 0.717) is 5.92 Å². The Morgan fingerprint density at radius 1 is 0.583 bits per heavy atom. The zero-order chi connectivity index (χ0) is 24.8. The van der Waals surface area contributed by atoms with Gasteiger partial charge in [-0.25, -0.2) is 0 Å². The van der Waals surface area contributed by atoms with Crippen molar-refractivity contribution in [1.82, 2.24) is 0 Å². The zero-order valence-corrected chi connectivity index (χ0v) is 21.7. The summed E-state index contributed by atoms with van der Waals surface area (Å²) < 4.78 is 0.965. The summed E-state index contributed by atoms with van der Waals surface area (Å²) in [6.45, 7) is 1.14. The van der Waals surface area contributed by atoms with Crippen molar-refractivity contribution < 1.29 is 4.48 Å². The Labute approximate surface area is 216 Å². The molecular weight excluding hydrogens is 434 g/mol. The average Bonchev–Trinajstić information content (AvgIpc) is 3.40. The van der Waals surface area contributed by atoms with Gasteiger partial charge in [-0.2, -0.15) is 0 Å². The molecule has 1 saturated carbocycles. The number of fused-ring (bicyclic) bond motifs is 2. The lowest BCUT2D eigenvalue weighted by Crippen LogP contribution is -2.46. The molecule has 0 aliphatic heterocycles. The van der Waals surface area contributed by atoms with Crippen molar-refractivity contribution in [3.05, 3.63) is 144 Å². The van der Waals surface area contributed by atoms with E-state index in [1.165, 1.54) is 39.8 Å². The quantitative estimate of drug-likeness (QED) is 0.255. The topological polar surface area (TPSA) is 0 Å². The van der Waals surface area contributed by atoms with E-state index in [1.807, 2.05) is 0 Å². The Bertz CT molecular complexity index is 1370. The van der Waals surface area contributed by atoms with Crippen molar-refractivity contribution in [3.8, 4) is 0 Å². The van der Waals surface area contributed by atoms with Gasteiger partial charge in [0.25, 0.3) is 0 Å². The molecule has 1 fully saturated rings. The Morgan fingerprint density at radius 3 is 1.53 bits per heavy atom. The van der Waals surface area contributed by atoms with Crippen molar-refractivity contribution in [1.29, 1.82) is 0 Å². The van der Waals surface area contributed by atoms with E-state index < -0.39 is 0 Å². The molecule has 2 bridgehead atoms. The smallest absolute Gasteiger partial charge is 0.0821 e. The van der Waals surface area contributed by atoms with Crippen molar-refractivity contribution in [2.45, 2.75) is 23.7 Å². The van der Waals surface area contributed by atoms with Gasteiger partial charge in [0.15, 0.2) is 0 Å². The van der Waals surface area contributed by atoms with Crippen molar-refractivity contribution in [2.24, 2.45) is 5.92 Å². The fourth-order valence-corrected chi connectivity index (χ4v) is 7.49. The minimum Gasteiger partial charge on any atom is -0.331 e. The minimum absolute atomic E-state index is 0.0243. The van der Waals surface area contributed by atoms with Crippen LogP contribution in [0.4, 0.5) is 0 Å². The highest BCUT2D eigenvalue weighted by Crippen LogP contribution is 2.72. The lowest BCUT2D eigenvalue weighted by Gasteiger charge is -2.43. The normalized spacial score (nSPS) is 25.4. The Kier molecular flexibility index (Phi) is 5.50. The Balaban J connectivity index is 1.75. The highest BCUT2D eigenvalue weighted by Gasteiger charge is 2.66. The summed E-state index contributed by atoms with van der Waals surface area (Å²) >= 11 is 0. The molecule has 6 rings (SSSR count). The van der Waals surface area contributed by atoms with Gasteiger partial charge in [-0.05, 0) is 46.2 Å². The molecule has 36 heavy (non-hydrogen) atoms. The van der Waals surface area contributed by atoms with Crippen LogP contribution in [0.5, 0.6) is 0 Å². The van der Waals surface area contributed by atoms with Crippen LogP contribution in [0.25, 0.3) is 11.1 Å². The van der Waals surface area contributed by atoms with E-state index in [9.17, 15) is 0 Å². The molecule has 0 heterocycles. The molecule has 3 atom stereocenters. The van der Waals surface area contributed by atoms with E-state index >= 15 is 0 Å². The first-order chi connectivity index (χ1) is 17.4. The van der Waals surface area contributed by atoms with E-state index in [2.05, 4.69) is 142 Å². The number of allylic oxidation sites excluding steroid dienone is 2. The van der Waals surface area contributed by atoms with Gasteiger partial charge in [0.2, 0.25) is 0 Å².